The summed E-state index contributed by atoms with van der Waals surface area (Å²) in [5.41, 5.74) is 1.65. The van der Waals surface area contributed by atoms with Gasteiger partial charge < -0.3 is 10.6 Å². The molecule has 22 heavy (non-hydrogen) atoms. The lowest BCUT2D eigenvalue weighted by Gasteiger charge is -2.22. The molecule has 6 nitrogen and oxygen atoms in total. The minimum atomic E-state index is -0.150. The standard InChI is InChI=1S/C15H21N5OS/c1-11(8-12-4-7-22-10-12)17-15(21)14-9-20(19-18-14)13-2-5-16-6-3-13/h4,7,9-11,13,16H,2-3,5-6,8H2,1H3,(H,17,21)/t11-/m0/s1. The Morgan fingerprint density at radius 3 is 3.09 bits per heavy atom. The van der Waals surface area contributed by atoms with Gasteiger partial charge in [0.2, 0.25) is 0 Å². The van der Waals surface area contributed by atoms with Crippen molar-refractivity contribution in [2.24, 2.45) is 0 Å². The van der Waals surface area contributed by atoms with E-state index in [1.54, 1.807) is 17.5 Å². The quantitative estimate of drug-likeness (QED) is 0.878. The van der Waals surface area contributed by atoms with Crippen LogP contribution in [0.2, 0.25) is 0 Å². The summed E-state index contributed by atoms with van der Waals surface area (Å²) in [6.07, 6.45) is 4.65. The Morgan fingerprint density at radius 1 is 1.55 bits per heavy atom. The molecule has 0 saturated carbocycles. The summed E-state index contributed by atoms with van der Waals surface area (Å²) in [5, 5.41) is 18.6. The maximum Gasteiger partial charge on any atom is 0.273 e. The fourth-order valence-corrected chi connectivity index (χ4v) is 3.42. The molecule has 1 fully saturated rings. The Labute approximate surface area is 133 Å². The number of carbonyl (C=O) groups is 1. The van der Waals surface area contributed by atoms with E-state index in [0.717, 1.165) is 32.4 Å². The van der Waals surface area contributed by atoms with Crippen LogP contribution in [-0.4, -0.2) is 40.0 Å². The summed E-state index contributed by atoms with van der Waals surface area (Å²) in [6.45, 7) is 3.99. The number of thiophene rings is 1. The van der Waals surface area contributed by atoms with Gasteiger partial charge in [0.15, 0.2) is 5.69 Å². The van der Waals surface area contributed by atoms with Gasteiger partial charge in [-0.1, -0.05) is 5.21 Å². The maximum absolute atomic E-state index is 12.2. The summed E-state index contributed by atoms with van der Waals surface area (Å²) < 4.78 is 1.83. The monoisotopic (exact) mass is 319 g/mol. The van der Waals surface area contributed by atoms with Gasteiger partial charge in [0.05, 0.1) is 12.2 Å². The molecule has 1 atom stereocenters. The molecule has 1 saturated heterocycles. The van der Waals surface area contributed by atoms with Crippen LogP contribution in [0.15, 0.2) is 23.0 Å². The smallest absolute Gasteiger partial charge is 0.273 e. The van der Waals surface area contributed by atoms with Crippen LogP contribution in [0.5, 0.6) is 0 Å². The number of nitrogens with zero attached hydrogens (tertiary/aromatic N) is 3. The van der Waals surface area contributed by atoms with Crippen molar-refractivity contribution in [3.05, 3.63) is 34.3 Å². The van der Waals surface area contributed by atoms with Crippen LogP contribution in [0.25, 0.3) is 0 Å². The molecular formula is C15H21N5OS. The van der Waals surface area contributed by atoms with E-state index in [1.807, 2.05) is 11.6 Å². The summed E-state index contributed by atoms with van der Waals surface area (Å²) in [7, 11) is 0. The van der Waals surface area contributed by atoms with Gasteiger partial charge in [-0.3, -0.25) is 4.79 Å². The zero-order valence-corrected chi connectivity index (χ0v) is 13.5. The Morgan fingerprint density at radius 2 is 2.36 bits per heavy atom. The lowest BCUT2D eigenvalue weighted by atomic mass is 10.1. The van der Waals surface area contributed by atoms with Crippen LogP contribution in [0.3, 0.4) is 0 Å². The van der Waals surface area contributed by atoms with E-state index < -0.39 is 0 Å². The number of piperidine rings is 1. The highest BCUT2D eigenvalue weighted by molar-refractivity contribution is 7.07. The highest BCUT2D eigenvalue weighted by Gasteiger charge is 2.19. The van der Waals surface area contributed by atoms with Crippen molar-refractivity contribution in [1.29, 1.82) is 0 Å². The van der Waals surface area contributed by atoms with Crippen LogP contribution in [-0.2, 0) is 6.42 Å². The average molecular weight is 319 g/mol. The van der Waals surface area contributed by atoms with Crippen LogP contribution in [0.1, 0.15) is 41.9 Å². The predicted octanol–water partition coefficient (Wildman–Crippen LogP) is 1.63. The lowest BCUT2D eigenvalue weighted by molar-refractivity contribution is 0.0935. The molecular weight excluding hydrogens is 298 g/mol. The molecule has 3 heterocycles. The van der Waals surface area contributed by atoms with Crippen molar-refractivity contribution in [2.45, 2.75) is 38.3 Å². The summed E-state index contributed by atoms with van der Waals surface area (Å²) in [5.74, 6) is -0.150. The van der Waals surface area contributed by atoms with Crippen molar-refractivity contribution in [3.63, 3.8) is 0 Å². The first-order chi connectivity index (χ1) is 10.7. The average Bonchev–Trinajstić information content (AvgIpc) is 3.19. The number of hydrogen-bond acceptors (Lipinski definition) is 5. The Hall–Kier alpha value is -1.73. The number of rotatable bonds is 5. The molecule has 0 unspecified atom stereocenters. The molecule has 0 aromatic carbocycles. The molecule has 2 N–H and O–H groups in total. The molecule has 1 amide bonds. The molecule has 0 radical (unpaired) electrons. The predicted molar refractivity (Wildman–Crippen MR) is 86.1 cm³/mol. The fraction of sp³-hybridized carbons (Fsp3) is 0.533. The molecule has 0 spiro atoms. The fourth-order valence-electron chi connectivity index (χ4n) is 2.74. The van der Waals surface area contributed by atoms with Gasteiger partial charge in [0.25, 0.3) is 5.91 Å². The van der Waals surface area contributed by atoms with Crippen LogP contribution in [0, 0.1) is 0 Å². The molecule has 1 aliphatic heterocycles. The Kier molecular flexibility index (Phi) is 4.84. The molecule has 2 aromatic heterocycles. The van der Waals surface area contributed by atoms with Gasteiger partial charge in [-0.15, -0.1) is 5.10 Å². The van der Waals surface area contributed by atoms with Crippen molar-refractivity contribution < 1.29 is 4.79 Å². The lowest BCUT2D eigenvalue weighted by Crippen LogP contribution is -2.34. The third-order valence-electron chi connectivity index (χ3n) is 3.93. The third-order valence-corrected chi connectivity index (χ3v) is 4.66. The van der Waals surface area contributed by atoms with Crippen molar-refractivity contribution in [2.75, 3.05) is 13.1 Å². The summed E-state index contributed by atoms with van der Waals surface area (Å²) >= 11 is 1.67. The van der Waals surface area contributed by atoms with E-state index in [0.29, 0.717) is 11.7 Å². The number of nitrogens with one attached hydrogen (secondary N) is 2. The number of amides is 1. The van der Waals surface area contributed by atoms with Crippen LogP contribution >= 0.6 is 11.3 Å². The Bertz CT molecular complexity index is 603. The third kappa shape index (κ3) is 3.72. The Balaban J connectivity index is 1.56. The SMILES string of the molecule is C[C@@H](Cc1ccsc1)NC(=O)c1cn(C2CCNCC2)nn1. The van der Waals surface area contributed by atoms with E-state index in [9.17, 15) is 4.79 Å². The molecule has 1 aliphatic rings. The normalized spacial score (nSPS) is 17.3. The van der Waals surface area contributed by atoms with Gasteiger partial charge in [-0.05, 0) is 61.7 Å². The first-order valence-corrected chi connectivity index (χ1v) is 8.61. The van der Waals surface area contributed by atoms with Crippen molar-refractivity contribution in [3.8, 4) is 0 Å². The molecule has 7 heteroatoms. The van der Waals surface area contributed by atoms with Crippen molar-refractivity contribution >= 4 is 17.2 Å². The second kappa shape index (κ2) is 7.02. The largest absolute Gasteiger partial charge is 0.348 e. The molecule has 0 bridgehead atoms. The van der Waals surface area contributed by atoms with Gasteiger partial charge in [-0.25, -0.2) is 4.68 Å². The summed E-state index contributed by atoms with van der Waals surface area (Å²) in [6, 6.07) is 2.51. The highest BCUT2D eigenvalue weighted by atomic mass is 32.1. The molecule has 0 aliphatic carbocycles. The van der Waals surface area contributed by atoms with Gasteiger partial charge in [0.1, 0.15) is 0 Å². The van der Waals surface area contributed by atoms with Gasteiger partial charge in [0, 0.05) is 6.04 Å². The van der Waals surface area contributed by atoms with E-state index in [1.165, 1.54) is 5.56 Å². The highest BCUT2D eigenvalue weighted by Crippen LogP contribution is 2.17. The van der Waals surface area contributed by atoms with E-state index in [2.05, 4.69) is 37.8 Å². The topological polar surface area (TPSA) is 71.8 Å². The zero-order valence-electron chi connectivity index (χ0n) is 12.7. The summed E-state index contributed by atoms with van der Waals surface area (Å²) in [4.78, 5) is 12.2. The van der Waals surface area contributed by atoms with E-state index in [4.69, 9.17) is 0 Å². The van der Waals surface area contributed by atoms with Crippen LogP contribution in [0.4, 0.5) is 0 Å². The maximum atomic E-state index is 12.2. The van der Waals surface area contributed by atoms with E-state index in [-0.39, 0.29) is 11.9 Å². The minimum absolute atomic E-state index is 0.0751. The van der Waals surface area contributed by atoms with Crippen molar-refractivity contribution in [1.82, 2.24) is 25.6 Å². The molecule has 118 valence electrons. The van der Waals surface area contributed by atoms with Gasteiger partial charge >= 0.3 is 0 Å². The first-order valence-electron chi connectivity index (χ1n) is 7.67. The number of hydrogen-bond donors (Lipinski definition) is 2. The first kappa shape index (κ1) is 15.2. The number of aromatic nitrogens is 3. The molecule has 2 aromatic rings. The zero-order chi connectivity index (χ0) is 15.4. The van der Waals surface area contributed by atoms with E-state index >= 15 is 0 Å². The second-order valence-corrected chi connectivity index (χ2v) is 6.56. The molecule has 3 rings (SSSR count). The second-order valence-electron chi connectivity index (χ2n) is 5.78. The minimum Gasteiger partial charge on any atom is -0.348 e. The van der Waals surface area contributed by atoms with Gasteiger partial charge in [-0.2, -0.15) is 11.3 Å². The van der Waals surface area contributed by atoms with Crippen LogP contribution < -0.4 is 10.6 Å². The number of carbonyl (C=O) groups excluding carboxylic acids is 1.